The number of likely N-dealkylation sites (N-methyl/N-ethyl adjacent to an activating group) is 1. The molecule has 1 aliphatic rings. The minimum absolute atomic E-state index is 0.00447. The molecule has 4 aromatic rings. The quantitative estimate of drug-likeness (QED) is 0.357. The second-order valence-electron chi connectivity index (χ2n) is 9.01. The number of sulfonamides is 1. The predicted octanol–water partition coefficient (Wildman–Crippen LogP) is 3.33. The standard InChI is InChI=1S/C27H27N3O7S/c1-29-10-12-30(13-11-29)38(33,34)19-7-5-6-18(14-19)27(32)36-17-26(31)28-22-16-24-21(15-25(22)35-2)20-8-3-4-9-23(20)37-24/h3-9,14-16H,10-13,17H2,1-2H3,(H,28,31). The molecule has 0 unspecified atom stereocenters. The van der Waals surface area contributed by atoms with Gasteiger partial charge in [0.05, 0.1) is 23.3 Å². The number of nitrogens with zero attached hydrogens (tertiary/aromatic N) is 2. The molecule has 2 heterocycles. The van der Waals surface area contributed by atoms with E-state index >= 15 is 0 Å². The van der Waals surface area contributed by atoms with E-state index in [1.165, 1.54) is 35.7 Å². The van der Waals surface area contributed by atoms with Crippen LogP contribution in [0.2, 0.25) is 0 Å². The lowest BCUT2D eigenvalue weighted by Crippen LogP contribution is -2.47. The van der Waals surface area contributed by atoms with E-state index < -0.39 is 28.5 Å². The molecule has 10 nitrogen and oxygen atoms in total. The van der Waals surface area contributed by atoms with Crippen molar-refractivity contribution in [1.29, 1.82) is 0 Å². The van der Waals surface area contributed by atoms with Crippen molar-refractivity contribution in [3.05, 3.63) is 66.2 Å². The zero-order valence-electron chi connectivity index (χ0n) is 21.0. The topological polar surface area (TPSA) is 118 Å². The van der Waals surface area contributed by atoms with Crippen LogP contribution in [0.3, 0.4) is 0 Å². The van der Waals surface area contributed by atoms with Gasteiger partial charge in [-0.15, -0.1) is 0 Å². The summed E-state index contributed by atoms with van der Waals surface area (Å²) >= 11 is 0. The predicted molar refractivity (Wildman–Crippen MR) is 142 cm³/mol. The number of methoxy groups -OCH3 is 1. The summed E-state index contributed by atoms with van der Waals surface area (Å²) in [6.45, 7) is 1.43. The van der Waals surface area contributed by atoms with Crippen LogP contribution >= 0.6 is 0 Å². The maximum Gasteiger partial charge on any atom is 0.338 e. The molecule has 0 atom stereocenters. The fourth-order valence-electron chi connectivity index (χ4n) is 4.38. The Kier molecular flexibility index (Phi) is 7.06. The number of hydrogen-bond acceptors (Lipinski definition) is 8. The second-order valence-corrected chi connectivity index (χ2v) is 10.9. The third-order valence-electron chi connectivity index (χ3n) is 6.48. The molecule has 1 saturated heterocycles. The molecule has 0 radical (unpaired) electrons. The molecule has 38 heavy (non-hydrogen) atoms. The lowest BCUT2D eigenvalue weighted by atomic mass is 10.1. The Morgan fingerprint density at radius 1 is 0.947 bits per heavy atom. The number of piperazine rings is 1. The second kappa shape index (κ2) is 10.4. The first-order valence-corrected chi connectivity index (χ1v) is 13.5. The van der Waals surface area contributed by atoms with E-state index in [0.29, 0.717) is 48.8 Å². The molecule has 1 fully saturated rings. The van der Waals surface area contributed by atoms with Crippen LogP contribution in [0.15, 0.2) is 70.0 Å². The van der Waals surface area contributed by atoms with Crippen LogP contribution < -0.4 is 10.1 Å². The third-order valence-corrected chi connectivity index (χ3v) is 8.37. The summed E-state index contributed by atoms with van der Waals surface area (Å²) in [6, 6.07) is 16.6. The van der Waals surface area contributed by atoms with Gasteiger partial charge in [0.25, 0.3) is 5.91 Å². The number of esters is 1. The summed E-state index contributed by atoms with van der Waals surface area (Å²) in [7, 11) is -0.329. The van der Waals surface area contributed by atoms with Crippen molar-refractivity contribution in [2.75, 3.05) is 52.3 Å². The Bertz CT molecular complexity index is 1620. The highest BCUT2D eigenvalue weighted by Gasteiger charge is 2.28. The van der Waals surface area contributed by atoms with Gasteiger partial charge in [-0.3, -0.25) is 4.79 Å². The van der Waals surface area contributed by atoms with Crippen LogP contribution in [0.25, 0.3) is 21.9 Å². The fraction of sp³-hybridized carbons (Fsp3) is 0.259. The maximum atomic E-state index is 13.0. The van der Waals surface area contributed by atoms with Crippen molar-refractivity contribution < 1.29 is 31.9 Å². The van der Waals surface area contributed by atoms with Gasteiger partial charge in [-0.25, -0.2) is 13.2 Å². The third kappa shape index (κ3) is 5.08. The van der Waals surface area contributed by atoms with Crippen molar-refractivity contribution in [1.82, 2.24) is 9.21 Å². The number of nitrogens with one attached hydrogen (secondary N) is 1. The number of benzene rings is 3. The molecule has 0 saturated carbocycles. The summed E-state index contributed by atoms with van der Waals surface area (Å²) in [5.74, 6) is -0.978. The van der Waals surface area contributed by atoms with Crippen molar-refractivity contribution in [2.24, 2.45) is 0 Å². The highest BCUT2D eigenvalue weighted by Crippen LogP contribution is 2.36. The van der Waals surface area contributed by atoms with Gasteiger partial charge in [-0.05, 0) is 37.4 Å². The molecule has 1 aliphatic heterocycles. The molecule has 5 rings (SSSR count). The summed E-state index contributed by atoms with van der Waals surface area (Å²) < 4.78 is 43.9. The fourth-order valence-corrected chi connectivity index (χ4v) is 5.85. The average Bonchev–Trinajstić information content (AvgIpc) is 3.29. The number of fused-ring (bicyclic) bond motifs is 3. The van der Waals surface area contributed by atoms with Gasteiger partial charge in [-0.1, -0.05) is 24.3 Å². The van der Waals surface area contributed by atoms with Crippen molar-refractivity contribution in [2.45, 2.75) is 4.90 Å². The number of ether oxygens (including phenoxy) is 2. The average molecular weight is 538 g/mol. The number of rotatable bonds is 7. The molecule has 1 N–H and O–H groups in total. The minimum atomic E-state index is -3.75. The Balaban J connectivity index is 1.26. The SMILES string of the molecule is COc1cc2c(cc1NC(=O)COC(=O)c1cccc(S(=O)(=O)N3CCN(C)CC3)c1)oc1ccccc12. The van der Waals surface area contributed by atoms with Crippen molar-refractivity contribution in [3.63, 3.8) is 0 Å². The lowest BCUT2D eigenvalue weighted by Gasteiger charge is -2.31. The summed E-state index contributed by atoms with van der Waals surface area (Å²) in [6.07, 6.45) is 0. The van der Waals surface area contributed by atoms with E-state index in [4.69, 9.17) is 13.9 Å². The molecular weight excluding hydrogens is 510 g/mol. The zero-order chi connectivity index (χ0) is 26.9. The van der Waals surface area contributed by atoms with Crippen LogP contribution in [-0.2, 0) is 19.6 Å². The van der Waals surface area contributed by atoms with Gasteiger partial charge in [0.1, 0.15) is 16.9 Å². The minimum Gasteiger partial charge on any atom is -0.495 e. The van der Waals surface area contributed by atoms with Gasteiger partial charge >= 0.3 is 5.97 Å². The highest BCUT2D eigenvalue weighted by molar-refractivity contribution is 7.89. The number of carbonyl (C=O) groups excluding carboxylic acids is 2. The van der Waals surface area contributed by atoms with E-state index in [-0.39, 0.29) is 10.5 Å². The van der Waals surface area contributed by atoms with Gasteiger partial charge < -0.3 is 24.1 Å². The van der Waals surface area contributed by atoms with Crippen LogP contribution in [0.1, 0.15) is 10.4 Å². The Morgan fingerprint density at radius 3 is 2.47 bits per heavy atom. The highest BCUT2D eigenvalue weighted by atomic mass is 32.2. The number of hydrogen-bond donors (Lipinski definition) is 1. The van der Waals surface area contributed by atoms with Crippen LogP contribution in [0, 0.1) is 0 Å². The molecule has 1 amide bonds. The van der Waals surface area contributed by atoms with E-state index in [0.717, 1.165) is 10.8 Å². The molecule has 3 aromatic carbocycles. The smallest absolute Gasteiger partial charge is 0.338 e. The van der Waals surface area contributed by atoms with Crippen LogP contribution in [0.4, 0.5) is 5.69 Å². The number of amides is 1. The van der Waals surface area contributed by atoms with Gasteiger partial charge in [-0.2, -0.15) is 4.31 Å². The first kappa shape index (κ1) is 25.7. The largest absolute Gasteiger partial charge is 0.495 e. The molecule has 1 aromatic heterocycles. The molecule has 198 valence electrons. The number of anilines is 1. The molecular formula is C27H27N3O7S. The zero-order valence-corrected chi connectivity index (χ0v) is 21.8. The normalized spacial score (nSPS) is 15.0. The molecule has 11 heteroatoms. The van der Waals surface area contributed by atoms with Crippen molar-refractivity contribution >= 4 is 49.5 Å². The monoisotopic (exact) mass is 537 g/mol. The van der Waals surface area contributed by atoms with E-state index in [2.05, 4.69) is 10.2 Å². The van der Waals surface area contributed by atoms with Crippen LogP contribution in [-0.4, -0.2) is 76.4 Å². The van der Waals surface area contributed by atoms with E-state index in [1.807, 2.05) is 31.3 Å². The maximum absolute atomic E-state index is 13.0. The Hall–Kier alpha value is -3.93. The first-order valence-electron chi connectivity index (χ1n) is 12.0. The van der Waals surface area contributed by atoms with Gasteiger partial charge in [0.15, 0.2) is 6.61 Å². The molecule has 0 bridgehead atoms. The first-order chi connectivity index (χ1) is 18.3. The number of furan rings is 1. The van der Waals surface area contributed by atoms with Gasteiger partial charge in [0.2, 0.25) is 10.0 Å². The lowest BCUT2D eigenvalue weighted by molar-refractivity contribution is -0.119. The van der Waals surface area contributed by atoms with Crippen molar-refractivity contribution in [3.8, 4) is 5.75 Å². The number of para-hydroxylation sites is 1. The van der Waals surface area contributed by atoms with Crippen LogP contribution in [0.5, 0.6) is 5.75 Å². The summed E-state index contributed by atoms with van der Waals surface area (Å²) in [5.41, 5.74) is 1.67. The van der Waals surface area contributed by atoms with E-state index in [1.54, 1.807) is 12.1 Å². The van der Waals surface area contributed by atoms with E-state index in [9.17, 15) is 18.0 Å². The molecule has 0 aliphatic carbocycles. The summed E-state index contributed by atoms with van der Waals surface area (Å²) in [5, 5.41) is 4.44. The number of carbonyl (C=O) groups is 2. The summed E-state index contributed by atoms with van der Waals surface area (Å²) in [4.78, 5) is 27.3. The molecule has 0 spiro atoms. The Morgan fingerprint density at radius 2 is 1.71 bits per heavy atom. The van der Waals surface area contributed by atoms with Gasteiger partial charge in [0, 0.05) is 43.0 Å². The Labute approximate surface area is 219 Å².